The molecule has 0 aliphatic rings. The monoisotopic (exact) mass is 272 g/mol. The second-order valence-corrected chi connectivity index (χ2v) is 5.85. The van der Waals surface area contributed by atoms with Gasteiger partial charge in [0, 0.05) is 17.9 Å². The van der Waals surface area contributed by atoms with Crippen LogP contribution in [-0.2, 0) is 11.8 Å². The van der Waals surface area contributed by atoms with Crippen molar-refractivity contribution in [3.63, 3.8) is 0 Å². The van der Waals surface area contributed by atoms with Crippen LogP contribution in [0, 0.1) is 0 Å². The smallest absolute Gasteiger partial charge is 0.251 e. The number of methoxy groups -OCH3 is 1. The molecule has 0 bridgehead atoms. The number of ether oxygens (including phenoxy) is 1. The van der Waals surface area contributed by atoms with E-state index in [0.29, 0.717) is 12.2 Å². The lowest BCUT2D eigenvalue weighted by atomic mass is 9.92. The summed E-state index contributed by atoms with van der Waals surface area (Å²) in [6.07, 6.45) is 0.600. The lowest BCUT2D eigenvalue weighted by Crippen LogP contribution is -2.21. The number of benzene rings is 1. The number of nitrogens with one attached hydrogen (secondary N) is 1. The van der Waals surface area contributed by atoms with Crippen molar-refractivity contribution in [2.45, 2.75) is 32.6 Å². The second kappa shape index (κ2) is 5.49. The first-order valence-electron chi connectivity index (χ1n) is 6.62. The van der Waals surface area contributed by atoms with Crippen molar-refractivity contribution < 1.29 is 4.74 Å². The molecule has 0 saturated heterocycles. The van der Waals surface area contributed by atoms with Gasteiger partial charge in [-0.15, -0.1) is 0 Å². The van der Waals surface area contributed by atoms with Gasteiger partial charge in [-0.2, -0.15) is 0 Å². The zero-order valence-electron chi connectivity index (χ0n) is 12.4. The number of H-pyrrole nitrogens is 1. The maximum absolute atomic E-state index is 11.7. The minimum Gasteiger partial charge on any atom is -0.497 e. The van der Waals surface area contributed by atoms with Crippen LogP contribution in [0.4, 0.5) is 0 Å². The standard InChI is InChI=1S/C16H20N2O2/c1-16(2,3)13-10-15(19)18-14(17-13)9-11-5-7-12(20-4)8-6-11/h5-8,10H,9H2,1-4H3,(H,17,18,19). The third-order valence-corrected chi connectivity index (χ3v) is 3.09. The van der Waals surface area contributed by atoms with Crippen LogP contribution < -0.4 is 10.3 Å². The summed E-state index contributed by atoms with van der Waals surface area (Å²) in [5.41, 5.74) is 1.65. The molecule has 0 atom stereocenters. The van der Waals surface area contributed by atoms with E-state index in [9.17, 15) is 4.79 Å². The molecule has 0 spiro atoms. The van der Waals surface area contributed by atoms with E-state index in [2.05, 4.69) is 9.97 Å². The minimum absolute atomic E-state index is 0.103. The van der Waals surface area contributed by atoms with Crippen LogP contribution in [0.1, 0.15) is 37.9 Å². The lowest BCUT2D eigenvalue weighted by Gasteiger charge is -2.17. The van der Waals surface area contributed by atoms with E-state index >= 15 is 0 Å². The van der Waals surface area contributed by atoms with Crippen molar-refractivity contribution in [2.75, 3.05) is 7.11 Å². The Morgan fingerprint density at radius 2 is 1.85 bits per heavy atom. The Morgan fingerprint density at radius 3 is 2.40 bits per heavy atom. The summed E-state index contributed by atoms with van der Waals surface area (Å²) < 4.78 is 5.13. The molecule has 0 saturated carbocycles. The van der Waals surface area contributed by atoms with Crippen LogP contribution in [-0.4, -0.2) is 17.1 Å². The number of rotatable bonds is 3. The number of aromatic nitrogens is 2. The average molecular weight is 272 g/mol. The first-order valence-corrected chi connectivity index (χ1v) is 6.62. The first-order chi connectivity index (χ1) is 9.38. The van der Waals surface area contributed by atoms with E-state index in [4.69, 9.17) is 4.74 Å². The number of hydrogen-bond donors (Lipinski definition) is 1. The number of aromatic amines is 1. The molecule has 0 radical (unpaired) electrons. The van der Waals surface area contributed by atoms with Gasteiger partial charge in [-0.25, -0.2) is 4.98 Å². The van der Waals surface area contributed by atoms with Gasteiger partial charge in [-0.1, -0.05) is 32.9 Å². The van der Waals surface area contributed by atoms with E-state index < -0.39 is 0 Å². The van der Waals surface area contributed by atoms with Gasteiger partial charge in [0.2, 0.25) is 0 Å². The molecule has 0 fully saturated rings. The van der Waals surface area contributed by atoms with E-state index in [0.717, 1.165) is 17.0 Å². The summed E-state index contributed by atoms with van der Waals surface area (Å²) in [5, 5.41) is 0. The Hall–Kier alpha value is -2.10. The quantitative estimate of drug-likeness (QED) is 0.934. The van der Waals surface area contributed by atoms with Crippen molar-refractivity contribution in [2.24, 2.45) is 0 Å². The van der Waals surface area contributed by atoms with E-state index in [1.54, 1.807) is 13.2 Å². The molecule has 0 aliphatic heterocycles. The SMILES string of the molecule is COc1ccc(Cc2nc(C(C)(C)C)cc(=O)[nH]2)cc1. The fourth-order valence-electron chi connectivity index (χ4n) is 1.91. The molecule has 20 heavy (non-hydrogen) atoms. The molecule has 0 amide bonds. The fourth-order valence-corrected chi connectivity index (χ4v) is 1.91. The Balaban J connectivity index is 2.28. The fraction of sp³-hybridized carbons (Fsp3) is 0.375. The lowest BCUT2D eigenvalue weighted by molar-refractivity contribution is 0.414. The van der Waals surface area contributed by atoms with Gasteiger partial charge in [0.1, 0.15) is 11.6 Å². The number of nitrogens with zero attached hydrogens (tertiary/aromatic N) is 1. The molecule has 4 heteroatoms. The molecule has 2 aromatic rings. The molecule has 1 N–H and O–H groups in total. The predicted molar refractivity (Wildman–Crippen MR) is 79.4 cm³/mol. The van der Waals surface area contributed by atoms with Gasteiger partial charge >= 0.3 is 0 Å². The van der Waals surface area contributed by atoms with E-state index in [1.165, 1.54) is 0 Å². The summed E-state index contributed by atoms with van der Waals surface area (Å²) in [6.45, 7) is 6.14. The Kier molecular flexibility index (Phi) is 3.93. The van der Waals surface area contributed by atoms with Crippen LogP contribution in [0.25, 0.3) is 0 Å². The summed E-state index contributed by atoms with van der Waals surface area (Å²) >= 11 is 0. The van der Waals surface area contributed by atoms with Crippen molar-refractivity contribution in [3.8, 4) is 5.75 Å². The normalized spacial score (nSPS) is 11.4. The molecule has 1 aromatic carbocycles. The predicted octanol–water partition coefficient (Wildman–Crippen LogP) is 2.67. The van der Waals surface area contributed by atoms with Crippen molar-refractivity contribution >= 4 is 0 Å². The molecule has 0 unspecified atom stereocenters. The Bertz CT molecular complexity index is 637. The Labute approximate surface area is 118 Å². The van der Waals surface area contributed by atoms with Gasteiger partial charge < -0.3 is 9.72 Å². The van der Waals surface area contributed by atoms with Crippen molar-refractivity contribution in [1.29, 1.82) is 0 Å². The molecule has 0 aliphatic carbocycles. The van der Waals surface area contributed by atoms with Gasteiger partial charge in [0.15, 0.2) is 0 Å². The summed E-state index contributed by atoms with van der Waals surface area (Å²) in [6, 6.07) is 9.32. The highest BCUT2D eigenvalue weighted by Gasteiger charge is 2.17. The van der Waals surface area contributed by atoms with Crippen LogP contribution >= 0.6 is 0 Å². The van der Waals surface area contributed by atoms with Crippen LogP contribution in [0.5, 0.6) is 5.75 Å². The second-order valence-electron chi connectivity index (χ2n) is 5.85. The van der Waals surface area contributed by atoms with Gasteiger partial charge in [-0.05, 0) is 17.7 Å². The minimum atomic E-state index is -0.136. The number of hydrogen-bond acceptors (Lipinski definition) is 3. The third kappa shape index (κ3) is 3.47. The molecular weight excluding hydrogens is 252 g/mol. The van der Waals surface area contributed by atoms with Crippen LogP contribution in [0.15, 0.2) is 35.1 Å². The van der Waals surface area contributed by atoms with E-state index in [-0.39, 0.29) is 11.0 Å². The molecule has 4 nitrogen and oxygen atoms in total. The topological polar surface area (TPSA) is 55.0 Å². The largest absolute Gasteiger partial charge is 0.497 e. The maximum Gasteiger partial charge on any atom is 0.251 e. The maximum atomic E-state index is 11.7. The van der Waals surface area contributed by atoms with Crippen LogP contribution in [0.2, 0.25) is 0 Å². The first kappa shape index (κ1) is 14.3. The molecule has 1 aromatic heterocycles. The molecule has 106 valence electrons. The zero-order valence-corrected chi connectivity index (χ0v) is 12.4. The van der Waals surface area contributed by atoms with Crippen molar-refractivity contribution in [1.82, 2.24) is 9.97 Å². The van der Waals surface area contributed by atoms with Crippen LogP contribution in [0.3, 0.4) is 0 Å². The van der Waals surface area contributed by atoms with Crippen molar-refractivity contribution in [3.05, 3.63) is 57.8 Å². The molecule has 2 rings (SSSR count). The Morgan fingerprint density at radius 1 is 1.20 bits per heavy atom. The molecule has 1 heterocycles. The summed E-state index contributed by atoms with van der Waals surface area (Å²) in [7, 11) is 1.64. The highest BCUT2D eigenvalue weighted by Crippen LogP contribution is 2.19. The zero-order chi connectivity index (χ0) is 14.8. The summed E-state index contributed by atoms with van der Waals surface area (Å²) in [4.78, 5) is 19.1. The highest BCUT2D eigenvalue weighted by atomic mass is 16.5. The third-order valence-electron chi connectivity index (χ3n) is 3.09. The van der Waals surface area contributed by atoms with Gasteiger partial charge in [0.05, 0.1) is 12.8 Å². The average Bonchev–Trinajstić information content (AvgIpc) is 2.38. The van der Waals surface area contributed by atoms with Gasteiger partial charge in [0.25, 0.3) is 5.56 Å². The van der Waals surface area contributed by atoms with E-state index in [1.807, 2.05) is 45.0 Å². The molecular formula is C16H20N2O2. The highest BCUT2D eigenvalue weighted by molar-refractivity contribution is 5.29. The summed E-state index contributed by atoms with van der Waals surface area (Å²) in [5.74, 6) is 1.51. The van der Waals surface area contributed by atoms with Gasteiger partial charge in [-0.3, -0.25) is 4.79 Å².